The van der Waals surface area contributed by atoms with E-state index in [4.69, 9.17) is 14.4 Å². The van der Waals surface area contributed by atoms with Crippen LogP contribution >= 0.6 is 0 Å². The van der Waals surface area contributed by atoms with Crippen LogP contribution in [0.25, 0.3) is 88.2 Å². The molecule has 200 valence electrons. The first kappa shape index (κ1) is 23.9. The average molecular weight is 549 g/mol. The van der Waals surface area contributed by atoms with Crippen LogP contribution in [-0.4, -0.2) is 9.97 Å². The second-order valence-corrected chi connectivity index (χ2v) is 11.0. The third-order valence-electron chi connectivity index (χ3n) is 8.44. The van der Waals surface area contributed by atoms with E-state index in [0.717, 1.165) is 60.9 Å². The summed E-state index contributed by atoms with van der Waals surface area (Å²) in [7, 11) is 0. The molecule has 0 radical (unpaired) electrons. The summed E-state index contributed by atoms with van der Waals surface area (Å²) in [4.78, 5) is 10.5. The number of furan rings is 1. The summed E-state index contributed by atoms with van der Waals surface area (Å²) in [5.74, 6) is 0. The zero-order chi connectivity index (χ0) is 28.3. The van der Waals surface area contributed by atoms with E-state index >= 15 is 0 Å². The van der Waals surface area contributed by atoms with E-state index in [1.165, 1.54) is 27.3 Å². The van der Waals surface area contributed by atoms with E-state index in [0.29, 0.717) is 0 Å². The summed E-state index contributed by atoms with van der Waals surface area (Å²) >= 11 is 0. The van der Waals surface area contributed by atoms with Gasteiger partial charge in [-0.05, 0) is 57.6 Å². The van der Waals surface area contributed by atoms with Crippen molar-refractivity contribution in [3.63, 3.8) is 0 Å². The number of fused-ring (bicyclic) bond motifs is 7. The lowest BCUT2D eigenvalue weighted by molar-refractivity contribution is 0.673. The summed E-state index contributed by atoms with van der Waals surface area (Å²) in [6.07, 6.45) is 0. The zero-order valence-electron chi connectivity index (χ0n) is 23.2. The van der Waals surface area contributed by atoms with Crippen molar-refractivity contribution in [3.05, 3.63) is 146 Å². The summed E-state index contributed by atoms with van der Waals surface area (Å²) in [5.41, 5.74) is 9.56. The van der Waals surface area contributed by atoms with Crippen LogP contribution in [0, 0.1) is 0 Å². The Morgan fingerprint density at radius 3 is 1.95 bits per heavy atom. The molecule has 0 aliphatic heterocycles. The molecule has 0 saturated carbocycles. The molecule has 3 nitrogen and oxygen atoms in total. The highest BCUT2D eigenvalue weighted by atomic mass is 16.3. The molecule has 2 aromatic heterocycles. The maximum atomic E-state index is 6.66. The van der Waals surface area contributed by atoms with Crippen LogP contribution < -0.4 is 0 Å². The van der Waals surface area contributed by atoms with Crippen molar-refractivity contribution in [2.75, 3.05) is 0 Å². The molecule has 9 aromatic rings. The van der Waals surface area contributed by atoms with Crippen LogP contribution in [0.4, 0.5) is 0 Å². The van der Waals surface area contributed by atoms with Gasteiger partial charge in [-0.25, -0.2) is 9.97 Å². The molecule has 0 aliphatic rings. The second kappa shape index (κ2) is 9.37. The SMILES string of the molecule is c1ccc(-c2cc3c(oc4cccc(-c5nc6ccccc6nc5-c5ccc6ccccc6c5)c43)c3ccccc23)cc1. The van der Waals surface area contributed by atoms with Crippen LogP contribution in [0.5, 0.6) is 0 Å². The Bertz CT molecular complexity index is 2510. The highest BCUT2D eigenvalue weighted by molar-refractivity contribution is 6.22. The monoisotopic (exact) mass is 548 g/mol. The molecule has 0 N–H and O–H groups in total. The van der Waals surface area contributed by atoms with Crippen molar-refractivity contribution < 1.29 is 4.42 Å². The van der Waals surface area contributed by atoms with Crippen molar-refractivity contribution in [2.45, 2.75) is 0 Å². The van der Waals surface area contributed by atoms with Gasteiger partial charge in [-0.1, -0.05) is 115 Å². The van der Waals surface area contributed by atoms with E-state index in [2.05, 4.69) is 121 Å². The molecular weight excluding hydrogens is 524 g/mol. The molecule has 0 atom stereocenters. The summed E-state index contributed by atoms with van der Waals surface area (Å²) in [5, 5.41) is 6.76. The number of hydrogen-bond donors (Lipinski definition) is 0. The molecule has 0 bridgehead atoms. The molecular formula is C40H24N2O. The number of rotatable bonds is 3. The lowest BCUT2D eigenvalue weighted by Gasteiger charge is -2.13. The molecule has 0 fully saturated rings. The van der Waals surface area contributed by atoms with Crippen molar-refractivity contribution in [1.29, 1.82) is 0 Å². The fraction of sp³-hybridized carbons (Fsp3) is 0. The predicted molar refractivity (Wildman–Crippen MR) is 178 cm³/mol. The molecule has 3 heteroatoms. The topological polar surface area (TPSA) is 38.9 Å². The van der Waals surface area contributed by atoms with Gasteiger partial charge in [-0.2, -0.15) is 0 Å². The van der Waals surface area contributed by atoms with Gasteiger partial charge in [0.2, 0.25) is 0 Å². The summed E-state index contributed by atoms with van der Waals surface area (Å²) in [6.45, 7) is 0. The molecule has 2 heterocycles. The Kier molecular flexibility index (Phi) is 5.20. The molecule has 7 aromatic carbocycles. The van der Waals surface area contributed by atoms with Crippen LogP contribution in [0.3, 0.4) is 0 Å². The number of benzene rings is 7. The standard InChI is InChI=1S/C40H24N2O/c1-2-12-26(13-3-1)32-24-33-37-31(17-10-20-36(37)43-40(33)30-16-7-6-15-29(30)32)39-38(41-34-18-8-9-19-35(34)42-39)28-22-21-25-11-4-5-14-27(25)23-28/h1-24H. The van der Waals surface area contributed by atoms with E-state index < -0.39 is 0 Å². The highest BCUT2D eigenvalue weighted by Gasteiger charge is 2.21. The minimum Gasteiger partial charge on any atom is -0.455 e. The first-order valence-corrected chi connectivity index (χ1v) is 14.5. The molecule has 0 amide bonds. The Balaban J connectivity index is 1.40. The average Bonchev–Trinajstić information content (AvgIpc) is 3.47. The molecule has 0 spiro atoms. The molecule has 0 saturated heterocycles. The molecule has 9 rings (SSSR count). The fourth-order valence-electron chi connectivity index (χ4n) is 6.43. The van der Waals surface area contributed by atoms with E-state index in [1.54, 1.807) is 0 Å². The van der Waals surface area contributed by atoms with Crippen LogP contribution in [-0.2, 0) is 0 Å². The van der Waals surface area contributed by atoms with E-state index in [-0.39, 0.29) is 0 Å². The molecule has 43 heavy (non-hydrogen) atoms. The number of nitrogens with zero attached hydrogens (tertiary/aromatic N) is 2. The highest BCUT2D eigenvalue weighted by Crippen LogP contribution is 2.44. The van der Waals surface area contributed by atoms with Crippen molar-refractivity contribution in [3.8, 4) is 33.6 Å². The minimum absolute atomic E-state index is 0.835. The van der Waals surface area contributed by atoms with Crippen molar-refractivity contribution >= 4 is 54.5 Å². The predicted octanol–water partition coefficient (Wildman–Crippen LogP) is 10.8. The van der Waals surface area contributed by atoms with Gasteiger partial charge in [0.05, 0.1) is 22.4 Å². The first-order valence-electron chi connectivity index (χ1n) is 14.5. The van der Waals surface area contributed by atoms with Gasteiger partial charge in [0.15, 0.2) is 0 Å². The van der Waals surface area contributed by atoms with Crippen LogP contribution in [0.15, 0.2) is 150 Å². The summed E-state index contributed by atoms with van der Waals surface area (Å²) in [6, 6.07) is 50.7. The Labute approximate surface area is 247 Å². The maximum absolute atomic E-state index is 6.66. The third-order valence-corrected chi connectivity index (χ3v) is 8.44. The molecule has 0 unspecified atom stereocenters. The normalized spacial score (nSPS) is 11.7. The smallest absolute Gasteiger partial charge is 0.143 e. The van der Waals surface area contributed by atoms with Crippen LogP contribution in [0.2, 0.25) is 0 Å². The van der Waals surface area contributed by atoms with Gasteiger partial charge < -0.3 is 4.42 Å². The van der Waals surface area contributed by atoms with Gasteiger partial charge in [-0.15, -0.1) is 0 Å². The number of hydrogen-bond acceptors (Lipinski definition) is 3. The van der Waals surface area contributed by atoms with Crippen molar-refractivity contribution in [2.24, 2.45) is 0 Å². The van der Waals surface area contributed by atoms with Gasteiger partial charge in [0.25, 0.3) is 0 Å². The van der Waals surface area contributed by atoms with E-state index in [1.807, 2.05) is 24.3 Å². The minimum atomic E-state index is 0.835. The maximum Gasteiger partial charge on any atom is 0.143 e. The zero-order valence-corrected chi connectivity index (χ0v) is 23.2. The quantitative estimate of drug-likeness (QED) is 0.220. The Morgan fingerprint density at radius 1 is 0.419 bits per heavy atom. The van der Waals surface area contributed by atoms with Crippen LogP contribution in [0.1, 0.15) is 0 Å². The second-order valence-electron chi connectivity index (χ2n) is 11.0. The van der Waals surface area contributed by atoms with Gasteiger partial charge >= 0.3 is 0 Å². The first-order chi connectivity index (χ1) is 21.3. The molecule has 0 aliphatic carbocycles. The van der Waals surface area contributed by atoms with Gasteiger partial charge in [0, 0.05) is 27.3 Å². The lowest BCUT2D eigenvalue weighted by Crippen LogP contribution is -1.96. The third kappa shape index (κ3) is 3.75. The van der Waals surface area contributed by atoms with E-state index in [9.17, 15) is 0 Å². The largest absolute Gasteiger partial charge is 0.455 e. The number of para-hydroxylation sites is 2. The van der Waals surface area contributed by atoms with Gasteiger partial charge in [0.1, 0.15) is 11.2 Å². The number of aromatic nitrogens is 2. The Hall–Kier alpha value is -5.80. The van der Waals surface area contributed by atoms with Gasteiger partial charge in [-0.3, -0.25) is 0 Å². The lowest BCUT2D eigenvalue weighted by atomic mass is 9.93. The summed E-state index contributed by atoms with van der Waals surface area (Å²) < 4.78 is 6.66. The Morgan fingerprint density at radius 2 is 1.12 bits per heavy atom. The van der Waals surface area contributed by atoms with Crippen molar-refractivity contribution in [1.82, 2.24) is 9.97 Å². The fourth-order valence-corrected chi connectivity index (χ4v) is 6.43.